The molecule has 0 aliphatic heterocycles. The molecule has 7 nitrogen and oxygen atoms in total. The summed E-state index contributed by atoms with van der Waals surface area (Å²) in [5, 5.41) is 14.9. The van der Waals surface area contributed by atoms with Crippen LogP contribution in [0.25, 0.3) is 0 Å². The fraction of sp³-hybridized carbons (Fsp3) is 0.526. The summed E-state index contributed by atoms with van der Waals surface area (Å²) in [5.41, 5.74) is 1.23. The van der Waals surface area contributed by atoms with Crippen LogP contribution in [-0.2, 0) is 13.6 Å². The van der Waals surface area contributed by atoms with Crippen LogP contribution in [0.5, 0.6) is 5.75 Å². The molecule has 0 radical (unpaired) electrons. The maximum absolute atomic E-state index is 5.75. The third-order valence-electron chi connectivity index (χ3n) is 4.07. The van der Waals surface area contributed by atoms with Crippen molar-refractivity contribution < 1.29 is 4.74 Å². The lowest BCUT2D eigenvalue weighted by molar-refractivity contribution is 0.322. The molecule has 1 aromatic heterocycles. The molecule has 0 aliphatic rings. The number of guanidine groups is 1. The van der Waals surface area contributed by atoms with Gasteiger partial charge in [0.2, 0.25) is 0 Å². The Balaban J connectivity index is 1.84. The number of aliphatic imine (C=N–C) groups is 1. The molecule has 2 aromatic rings. The first kappa shape index (κ1) is 19.8. The first-order valence-electron chi connectivity index (χ1n) is 9.16. The molecule has 7 heteroatoms. The lowest BCUT2D eigenvalue weighted by Gasteiger charge is -2.13. The molecule has 0 fully saturated rings. The molecule has 0 bridgehead atoms. The zero-order chi connectivity index (χ0) is 18.8. The number of unbranched alkanes of at least 4 members (excludes halogenated alkanes) is 1. The van der Waals surface area contributed by atoms with Crippen molar-refractivity contribution in [2.24, 2.45) is 12.0 Å². The Hall–Kier alpha value is -2.57. The van der Waals surface area contributed by atoms with E-state index in [2.05, 4.69) is 39.7 Å². The van der Waals surface area contributed by atoms with Crippen molar-refractivity contribution in [1.82, 2.24) is 25.4 Å². The summed E-state index contributed by atoms with van der Waals surface area (Å²) >= 11 is 0. The van der Waals surface area contributed by atoms with E-state index >= 15 is 0 Å². The third-order valence-corrected chi connectivity index (χ3v) is 4.07. The maximum Gasteiger partial charge on any atom is 0.191 e. The predicted molar refractivity (Wildman–Crippen MR) is 104 cm³/mol. The van der Waals surface area contributed by atoms with Gasteiger partial charge in [-0.3, -0.25) is 0 Å². The van der Waals surface area contributed by atoms with Crippen molar-refractivity contribution in [2.75, 3.05) is 19.7 Å². The highest BCUT2D eigenvalue weighted by Gasteiger charge is 2.05. The number of aromatic nitrogens is 3. The van der Waals surface area contributed by atoms with E-state index in [0.29, 0.717) is 19.7 Å². The Morgan fingerprint density at radius 2 is 1.85 bits per heavy atom. The minimum absolute atomic E-state index is 0.484. The van der Waals surface area contributed by atoms with Crippen molar-refractivity contribution in [1.29, 1.82) is 0 Å². The van der Waals surface area contributed by atoms with E-state index in [1.165, 1.54) is 5.56 Å². The molecule has 0 aliphatic carbocycles. The lowest BCUT2D eigenvalue weighted by atomic mass is 10.2. The molecule has 2 N–H and O–H groups in total. The van der Waals surface area contributed by atoms with Crippen LogP contribution in [0.3, 0.4) is 0 Å². The minimum atomic E-state index is 0.484. The highest BCUT2D eigenvalue weighted by Crippen LogP contribution is 2.10. The highest BCUT2D eigenvalue weighted by molar-refractivity contribution is 5.79. The molecule has 0 amide bonds. The zero-order valence-corrected chi connectivity index (χ0v) is 16.2. The molecule has 26 heavy (non-hydrogen) atoms. The van der Waals surface area contributed by atoms with E-state index < -0.39 is 0 Å². The van der Waals surface area contributed by atoms with Crippen molar-refractivity contribution in [2.45, 2.75) is 40.2 Å². The van der Waals surface area contributed by atoms with Crippen molar-refractivity contribution in [3.63, 3.8) is 0 Å². The Morgan fingerprint density at radius 1 is 1.12 bits per heavy atom. The number of ether oxygens (including phenoxy) is 1. The summed E-state index contributed by atoms with van der Waals surface area (Å²) in [7, 11) is 1.95. The topological polar surface area (TPSA) is 76.4 Å². The summed E-state index contributed by atoms with van der Waals surface area (Å²) in [6.45, 7) is 8.78. The van der Waals surface area contributed by atoms with E-state index in [9.17, 15) is 0 Å². The number of nitrogens with one attached hydrogen (secondary N) is 2. The number of hydrogen-bond acceptors (Lipinski definition) is 4. The first-order valence-corrected chi connectivity index (χ1v) is 9.16. The molecule has 0 unspecified atom stereocenters. The standard InChI is InChI=1S/C19H30N6O/c1-5-6-11-20-19(22-14-18-24-23-16(3)25(18)4)21-12-13-26-17-9-7-15(2)8-10-17/h7-10H,5-6,11-14H2,1-4H3,(H2,20,21,22). The molecule has 142 valence electrons. The zero-order valence-electron chi connectivity index (χ0n) is 16.2. The van der Waals surface area contributed by atoms with E-state index in [0.717, 1.165) is 42.7 Å². The number of hydrogen-bond donors (Lipinski definition) is 2. The maximum atomic E-state index is 5.75. The first-order chi connectivity index (χ1) is 12.6. The van der Waals surface area contributed by atoms with Gasteiger partial charge in [0.25, 0.3) is 0 Å². The Kier molecular flexibility index (Phi) is 7.92. The van der Waals surface area contributed by atoms with Crippen LogP contribution in [0.4, 0.5) is 0 Å². The van der Waals surface area contributed by atoms with Gasteiger partial charge in [-0.15, -0.1) is 10.2 Å². The number of nitrogens with zero attached hydrogens (tertiary/aromatic N) is 4. The number of benzene rings is 1. The van der Waals surface area contributed by atoms with Gasteiger partial charge < -0.3 is 19.9 Å². The second kappa shape index (κ2) is 10.4. The summed E-state index contributed by atoms with van der Waals surface area (Å²) < 4.78 is 7.70. The van der Waals surface area contributed by atoms with Gasteiger partial charge >= 0.3 is 0 Å². The van der Waals surface area contributed by atoms with Crippen LogP contribution in [-0.4, -0.2) is 40.4 Å². The second-order valence-electron chi connectivity index (χ2n) is 6.26. The quantitative estimate of drug-likeness (QED) is 0.409. The monoisotopic (exact) mass is 358 g/mol. The smallest absolute Gasteiger partial charge is 0.191 e. The Bertz CT molecular complexity index is 693. The fourth-order valence-corrected chi connectivity index (χ4v) is 2.27. The predicted octanol–water partition coefficient (Wildman–Crippen LogP) is 2.35. The second-order valence-corrected chi connectivity index (χ2v) is 6.26. The van der Waals surface area contributed by atoms with Crippen molar-refractivity contribution in [3.8, 4) is 5.75 Å². The van der Waals surface area contributed by atoms with E-state index in [1.54, 1.807) is 0 Å². The van der Waals surface area contributed by atoms with Gasteiger partial charge in [0.05, 0.1) is 6.54 Å². The van der Waals surface area contributed by atoms with Crippen LogP contribution >= 0.6 is 0 Å². The molecule has 1 aromatic carbocycles. The molecule has 0 atom stereocenters. The van der Waals surface area contributed by atoms with E-state index in [-0.39, 0.29) is 0 Å². The Labute approximate surface area is 155 Å². The Morgan fingerprint density at radius 3 is 2.50 bits per heavy atom. The van der Waals surface area contributed by atoms with Gasteiger partial charge in [-0.25, -0.2) is 4.99 Å². The largest absolute Gasteiger partial charge is 0.492 e. The van der Waals surface area contributed by atoms with Crippen molar-refractivity contribution >= 4 is 5.96 Å². The van der Waals surface area contributed by atoms with Gasteiger partial charge in [-0.05, 0) is 32.4 Å². The van der Waals surface area contributed by atoms with Crippen LogP contribution in [0.2, 0.25) is 0 Å². The fourth-order valence-electron chi connectivity index (χ4n) is 2.27. The van der Waals surface area contributed by atoms with Gasteiger partial charge in [0.15, 0.2) is 11.8 Å². The van der Waals surface area contributed by atoms with Gasteiger partial charge in [0.1, 0.15) is 24.7 Å². The molecule has 1 heterocycles. The average Bonchev–Trinajstić information content (AvgIpc) is 2.96. The molecule has 2 rings (SSSR count). The summed E-state index contributed by atoms with van der Waals surface area (Å²) in [6, 6.07) is 8.07. The van der Waals surface area contributed by atoms with E-state index in [4.69, 9.17) is 4.74 Å². The molecular formula is C19H30N6O. The average molecular weight is 358 g/mol. The van der Waals surface area contributed by atoms with Gasteiger partial charge in [0, 0.05) is 13.6 Å². The lowest BCUT2D eigenvalue weighted by Crippen LogP contribution is -2.40. The van der Waals surface area contributed by atoms with E-state index in [1.807, 2.05) is 42.8 Å². The van der Waals surface area contributed by atoms with Crippen LogP contribution in [0.1, 0.15) is 37.0 Å². The third kappa shape index (κ3) is 6.38. The minimum Gasteiger partial charge on any atom is -0.492 e. The van der Waals surface area contributed by atoms with Gasteiger partial charge in [-0.2, -0.15) is 0 Å². The van der Waals surface area contributed by atoms with Gasteiger partial charge in [-0.1, -0.05) is 31.0 Å². The summed E-state index contributed by atoms with van der Waals surface area (Å²) in [5.74, 6) is 3.38. The molecular weight excluding hydrogens is 328 g/mol. The summed E-state index contributed by atoms with van der Waals surface area (Å²) in [6.07, 6.45) is 2.24. The molecule has 0 saturated heterocycles. The van der Waals surface area contributed by atoms with Crippen LogP contribution in [0.15, 0.2) is 29.3 Å². The van der Waals surface area contributed by atoms with Crippen LogP contribution in [0, 0.1) is 13.8 Å². The molecule has 0 spiro atoms. The van der Waals surface area contributed by atoms with Crippen molar-refractivity contribution in [3.05, 3.63) is 41.5 Å². The SMILES string of the molecule is CCCCNC(=NCc1nnc(C)n1C)NCCOc1ccc(C)cc1. The number of rotatable bonds is 9. The van der Waals surface area contributed by atoms with Crippen LogP contribution < -0.4 is 15.4 Å². The normalized spacial score (nSPS) is 11.5. The molecule has 0 saturated carbocycles. The highest BCUT2D eigenvalue weighted by atomic mass is 16.5. The number of aryl methyl sites for hydroxylation is 2. The summed E-state index contributed by atoms with van der Waals surface area (Å²) in [4.78, 5) is 4.61.